The molecule has 0 unspecified atom stereocenters. The van der Waals surface area contributed by atoms with E-state index >= 15 is 0 Å². The second kappa shape index (κ2) is 8.61. The van der Waals surface area contributed by atoms with Gasteiger partial charge in [0.25, 0.3) is 0 Å². The second-order valence-corrected chi connectivity index (χ2v) is 7.63. The number of hydrogen-bond donors (Lipinski definition) is 2. The van der Waals surface area contributed by atoms with Gasteiger partial charge in [0.15, 0.2) is 0 Å². The van der Waals surface area contributed by atoms with Crippen molar-refractivity contribution < 1.29 is 9.90 Å². The largest absolute Gasteiger partial charge is 0.494 e. The van der Waals surface area contributed by atoms with E-state index in [1.165, 1.54) is 4.57 Å². The maximum absolute atomic E-state index is 12.6. The van der Waals surface area contributed by atoms with Crippen molar-refractivity contribution >= 4 is 40.0 Å². The lowest BCUT2D eigenvalue weighted by Crippen LogP contribution is -2.33. The van der Waals surface area contributed by atoms with E-state index in [9.17, 15) is 9.90 Å². The maximum Gasteiger partial charge on any atom is 0.242 e. The molecule has 8 heteroatoms. The Morgan fingerprint density at radius 1 is 1.28 bits per heavy atom. The summed E-state index contributed by atoms with van der Waals surface area (Å²) in [6.07, 6.45) is 1.69. The van der Waals surface area contributed by atoms with Crippen LogP contribution in [-0.2, 0) is 17.9 Å². The number of rotatable bonds is 6. The topological polar surface area (TPSA) is 84.4 Å². The molecule has 0 saturated carbocycles. The molecule has 0 bridgehead atoms. The monoisotopic (exact) mass is 434 g/mol. The summed E-state index contributed by atoms with van der Waals surface area (Å²) in [6, 6.07) is 5.19. The summed E-state index contributed by atoms with van der Waals surface area (Å²) in [7, 11) is 0. The highest BCUT2D eigenvalue weighted by molar-refractivity contribution is 6.36. The molecule has 0 atom stereocenters. The number of halogens is 2. The summed E-state index contributed by atoms with van der Waals surface area (Å²) >= 11 is 12.5. The standard InChI is InChI=1S/C21H24Cl2N4O2/c1-4-26(5-2)18(28)11-27-10-17-20(21(27)29)19(15(9-24)12(3)25-17)14-7-6-13(22)8-16(14)23/h6-8,10,29H,4-5,9,11,24H2,1-3H3. The van der Waals surface area contributed by atoms with Crippen molar-refractivity contribution in [1.82, 2.24) is 14.5 Å². The van der Waals surface area contributed by atoms with Gasteiger partial charge in [-0.1, -0.05) is 29.3 Å². The fourth-order valence-corrected chi connectivity index (χ4v) is 4.12. The van der Waals surface area contributed by atoms with Crippen LogP contribution >= 0.6 is 23.2 Å². The predicted octanol–water partition coefficient (Wildman–Crippen LogP) is 4.35. The number of benzene rings is 1. The Morgan fingerprint density at radius 2 is 1.97 bits per heavy atom. The molecule has 154 valence electrons. The lowest BCUT2D eigenvalue weighted by Gasteiger charge is -2.19. The molecular weight excluding hydrogens is 411 g/mol. The molecule has 3 rings (SSSR count). The van der Waals surface area contributed by atoms with Gasteiger partial charge in [0.05, 0.1) is 10.9 Å². The number of carbonyl (C=O) groups is 1. The van der Waals surface area contributed by atoms with Crippen molar-refractivity contribution in [1.29, 1.82) is 0 Å². The predicted molar refractivity (Wildman–Crippen MR) is 117 cm³/mol. The minimum absolute atomic E-state index is 0.0225. The molecule has 0 aliphatic carbocycles. The third-order valence-electron chi connectivity index (χ3n) is 5.13. The van der Waals surface area contributed by atoms with Crippen LogP contribution in [0.2, 0.25) is 10.0 Å². The van der Waals surface area contributed by atoms with E-state index in [1.54, 1.807) is 29.3 Å². The summed E-state index contributed by atoms with van der Waals surface area (Å²) in [4.78, 5) is 18.9. The van der Waals surface area contributed by atoms with Gasteiger partial charge in [0, 0.05) is 52.7 Å². The van der Waals surface area contributed by atoms with Crippen molar-refractivity contribution in [2.24, 2.45) is 5.73 Å². The van der Waals surface area contributed by atoms with Crippen LogP contribution < -0.4 is 5.73 Å². The molecule has 3 aromatic rings. The SMILES string of the molecule is CCN(CC)C(=O)Cn1cc2nc(C)c(CN)c(-c3ccc(Cl)cc3Cl)c2c1O. The van der Waals surface area contributed by atoms with Crippen LogP contribution in [0.15, 0.2) is 24.4 Å². The molecular formula is C21H24Cl2N4O2. The average Bonchev–Trinajstić information content (AvgIpc) is 2.97. The van der Waals surface area contributed by atoms with Crippen molar-refractivity contribution in [2.75, 3.05) is 13.1 Å². The van der Waals surface area contributed by atoms with Gasteiger partial charge in [0.1, 0.15) is 6.54 Å². The Morgan fingerprint density at radius 3 is 2.55 bits per heavy atom. The van der Waals surface area contributed by atoms with E-state index in [2.05, 4.69) is 4.98 Å². The fraction of sp³-hybridized carbons (Fsp3) is 0.333. The first-order valence-corrected chi connectivity index (χ1v) is 10.2. The summed E-state index contributed by atoms with van der Waals surface area (Å²) in [5.41, 5.74) is 9.53. The van der Waals surface area contributed by atoms with Gasteiger partial charge in [-0.25, -0.2) is 0 Å². The number of hydrogen-bond acceptors (Lipinski definition) is 4. The molecule has 1 amide bonds. The fourth-order valence-electron chi connectivity index (χ4n) is 3.62. The minimum atomic E-state index is -0.0764. The lowest BCUT2D eigenvalue weighted by atomic mass is 9.95. The highest BCUT2D eigenvalue weighted by Crippen LogP contribution is 2.42. The van der Waals surface area contributed by atoms with Crippen LogP contribution in [0.1, 0.15) is 25.1 Å². The molecule has 0 radical (unpaired) electrons. The van der Waals surface area contributed by atoms with E-state index in [-0.39, 0.29) is 24.9 Å². The normalized spacial score (nSPS) is 11.2. The van der Waals surface area contributed by atoms with E-state index in [1.807, 2.05) is 20.8 Å². The number of pyridine rings is 1. The number of fused-ring (bicyclic) bond motifs is 1. The van der Waals surface area contributed by atoms with Gasteiger partial charge in [-0.15, -0.1) is 0 Å². The van der Waals surface area contributed by atoms with Crippen molar-refractivity contribution in [3.8, 4) is 17.0 Å². The third-order valence-corrected chi connectivity index (χ3v) is 5.68. The number of amides is 1. The Bertz CT molecular complexity index is 1070. The molecule has 0 fully saturated rings. The maximum atomic E-state index is 12.6. The van der Waals surface area contributed by atoms with Gasteiger partial charge in [-0.05, 0) is 38.5 Å². The number of nitrogens with zero attached hydrogens (tertiary/aromatic N) is 3. The Balaban J connectivity index is 2.24. The molecule has 29 heavy (non-hydrogen) atoms. The van der Waals surface area contributed by atoms with Gasteiger partial charge in [-0.3, -0.25) is 9.78 Å². The minimum Gasteiger partial charge on any atom is -0.494 e. The van der Waals surface area contributed by atoms with E-state index in [0.717, 1.165) is 11.3 Å². The summed E-state index contributed by atoms with van der Waals surface area (Å²) in [5.74, 6) is -0.115. The number of aromatic hydroxyl groups is 1. The van der Waals surface area contributed by atoms with Crippen LogP contribution in [0.5, 0.6) is 5.88 Å². The average molecular weight is 435 g/mol. The Labute approximate surface area is 179 Å². The van der Waals surface area contributed by atoms with Gasteiger partial charge in [0.2, 0.25) is 11.8 Å². The number of carbonyl (C=O) groups excluding carboxylic acids is 1. The summed E-state index contributed by atoms with van der Waals surface area (Å²) in [6.45, 7) is 7.18. The number of aryl methyl sites for hydroxylation is 1. The molecule has 0 saturated heterocycles. The summed E-state index contributed by atoms with van der Waals surface area (Å²) in [5, 5.41) is 12.5. The van der Waals surface area contributed by atoms with Crippen LogP contribution in [-0.4, -0.2) is 38.6 Å². The number of nitrogens with two attached hydrogens (primary N) is 1. The van der Waals surface area contributed by atoms with Gasteiger partial charge < -0.3 is 20.3 Å². The highest BCUT2D eigenvalue weighted by Gasteiger charge is 2.23. The number of likely N-dealkylation sites (N-methyl/N-ethyl adjacent to an activating group) is 1. The first-order chi connectivity index (χ1) is 13.8. The molecule has 3 N–H and O–H groups in total. The van der Waals surface area contributed by atoms with Crippen LogP contribution in [0.3, 0.4) is 0 Å². The molecule has 0 spiro atoms. The van der Waals surface area contributed by atoms with Crippen molar-refractivity contribution in [3.05, 3.63) is 45.7 Å². The van der Waals surface area contributed by atoms with Crippen LogP contribution in [0, 0.1) is 6.92 Å². The first kappa shape index (κ1) is 21.4. The molecule has 2 aromatic heterocycles. The molecule has 0 aliphatic heterocycles. The van der Waals surface area contributed by atoms with E-state index in [0.29, 0.717) is 45.2 Å². The molecule has 2 heterocycles. The van der Waals surface area contributed by atoms with Crippen LogP contribution in [0.25, 0.3) is 22.0 Å². The van der Waals surface area contributed by atoms with Crippen molar-refractivity contribution in [3.63, 3.8) is 0 Å². The van der Waals surface area contributed by atoms with Gasteiger partial charge in [-0.2, -0.15) is 0 Å². The molecule has 6 nitrogen and oxygen atoms in total. The van der Waals surface area contributed by atoms with E-state index < -0.39 is 0 Å². The lowest BCUT2D eigenvalue weighted by molar-refractivity contribution is -0.131. The van der Waals surface area contributed by atoms with Crippen molar-refractivity contribution in [2.45, 2.75) is 33.9 Å². The second-order valence-electron chi connectivity index (χ2n) is 6.79. The van der Waals surface area contributed by atoms with Gasteiger partial charge >= 0.3 is 0 Å². The highest BCUT2D eigenvalue weighted by atomic mass is 35.5. The molecule has 0 aliphatic rings. The summed E-state index contributed by atoms with van der Waals surface area (Å²) < 4.78 is 1.52. The molecule has 1 aromatic carbocycles. The zero-order chi connectivity index (χ0) is 21.3. The zero-order valence-electron chi connectivity index (χ0n) is 16.7. The number of aromatic nitrogens is 2. The zero-order valence-corrected chi connectivity index (χ0v) is 18.2. The third kappa shape index (κ3) is 3.92. The Kier molecular flexibility index (Phi) is 6.36. The van der Waals surface area contributed by atoms with Crippen LogP contribution in [0.4, 0.5) is 0 Å². The Hall–Kier alpha value is -2.28. The quantitative estimate of drug-likeness (QED) is 0.603. The van der Waals surface area contributed by atoms with E-state index in [4.69, 9.17) is 28.9 Å². The first-order valence-electron chi connectivity index (χ1n) is 9.46. The smallest absolute Gasteiger partial charge is 0.242 e.